The molecule has 0 spiro atoms. The molecule has 0 heterocycles. The molecule has 0 aromatic carbocycles. The number of ether oxygens (including phenoxy) is 2. The van der Waals surface area contributed by atoms with Gasteiger partial charge in [0.05, 0.1) is 6.61 Å². The van der Waals surface area contributed by atoms with Crippen LogP contribution in [0.5, 0.6) is 0 Å². The predicted octanol–water partition coefficient (Wildman–Crippen LogP) is 11.8. The summed E-state index contributed by atoms with van der Waals surface area (Å²) >= 11 is 0. The molecule has 0 bridgehead atoms. The van der Waals surface area contributed by atoms with Crippen LogP contribution >= 0.6 is 0 Å². The zero-order valence-corrected chi connectivity index (χ0v) is 30.0. The van der Waals surface area contributed by atoms with E-state index in [2.05, 4.69) is 13.8 Å². The summed E-state index contributed by atoms with van der Waals surface area (Å²) in [5, 5.41) is 0. The summed E-state index contributed by atoms with van der Waals surface area (Å²) in [7, 11) is 0. The van der Waals surface area contributed by atoms with Gasteiger partial charge in [0.2, 0.25) is 0 Å². The average molecular weight is 661 g/mol. The maximum absolute atomic E-state index is 11.9. The monoisotopic (exact) mass is 661 g/mol. The lowest BCUT2D eigenvalue weighted by atomic mass is 10.0. The van der Waals surface area contributed by atoms with Gasteiger partial charge in [0.15, 0.2) is 0 Å². The molecule has 268 valence electrons. The molecule has 0 fully saturated rings. The molecule has 0 N–H and O–H groups in total. The normalized spacial score (nSPS) is 11.1. The molecule has 6 heteroatoms. The molecule has 0 amide bonds. The fraction of sp³-hybridized carbons (Fsp3) is 0.875. The highest BCUT2D eigenvalue weighted by molar-refractivity contribution is 5.96. The van der Waals surface area contributed by atoms with Gasteiger partial charge in [0, 0.05) is 18.6 Å². The molecule has 0 aliphatic carbocycles. The topological polar surface area (TPSA) is 69.7 Å². The number of carbonyl (C=O) groups excluding carboxylic acids is 3. The molecular weight excluding hydrogens is 585 g/mol. The Hall–Kier alpha value is -0.884. The van der Waals surface area contributed by atoms with Crippen molar-refractivity contribution in [3.05, 3.63) is 12.2 Å². The van der Waals surface area contributed by atoms with Gasteiger partial charge in [-0.2, -0.15) is 0 Å². The smallest absolute Gasteiger partial charge is 0.338 e. The fourth-order valence-electron chi connectivity index (χ4n) is 5.85. The van der Waals surface area contributed by atoms with Crippen LogP contribution in [0.25, 0.3) is 0 Å². The lowest BCUT2D eigenvalue weighted by Gasteiger charge is -2.04. The molecule has 0 aromatic rings. The first-order valence-electron chi connectivity index (χ1n) is 19.7. The van der Waals surface area contributed by atoms with E-state index in [1.807, 2.05) is 0 Å². The number of hydrogen-bond acceptors (Lipinski definition) is 5. The zero-order chi connectivity index (χ0) is 32.9. The van der Waals surface area contributed by atoms with Gasteiger partial charge in [0.1, 0.15) is 0 Å². The molecule has 0 radical (unpaired) electrons. The van der Waals surface area contributed by atoms with Gasteiger partial charge >= 0.3 is 41.0 Å². The quantitative estimate of drug-likeness (QED) is 0.0222. The van der Waals surface area contributed by atoms with Crippen molar-refractivity contribution in [2.24, 2.45) is 0 Å². The van der Waals surface area contributed by atoms with Crippen molar-refractivity contribution in [2.45, 2.75) is 219 Å². The third kappa shape index (κ3) is 39.3. The SMILES string of the molecule is CCCCCCCCCCCCCCCCCCOC(=O)/C=C/C(=O)OC(=O)CCCCCCCCCCCCCCCCC.[MgH2]. The molecule has 0 aromatic heterocycles. The summed E-state index contributed by atoms with van der Waals surface area (Å²) in [5.41, 5.74) is 0. The first-order valence-corrected chi connectivity index (χ1v) is 19.7. The Bertz CT molecular complexity index is 693. The zero-order valence-electron chi connectivity index (χ0n) is 30.0. The van der Waals surface area contributed by atoms with Gasteiger partial charge < -0.3 is 9.47 Å². The average Bonchev–Trinajstić information content (AvgIpc) is 3.03. The minimum absolute atomic E-state index is 0. The Morgan fingerprint density at radius 1 is 0.391 bits per heavy atom. The first-order chi connectivity index (χ1) is 22.1. The van der Waals surface area contributed by atoms with Crippen LogP contribution in [0.2, 0.25) is 0 Å². The molecule has 0 unspecified atom stereocenters. The van der Waals surface area contributed by atoms with Crippen molar-refractivity contribution in [2.75, 3.05) is 6.61 Å². The molecule has 0 saturated carbocycles. The number of hydrogen-bond donors (Lipinski definition) is 0. The van der Waals surface area contributed by atoms with Gasteiger partial charge in [-0.05, 0) is 12.8 Å². The van der Waals surface area contributed by atoms with Crippen molar-refractivity contribution in [1.82, 2.24) is 0 Å². The summed E-state index contributed by atoms with van der Waals surface area (Å²) in [6.07, 6.45) is 42.0. The minimum Gasteiger partial charge on any atom is -0.463 e. The number of esters is 3. The van der Waals surface area contributed by atoms with E-state index in [9.17, 15) is 14.4 Å². The van der Waals surface area contributed by atoms with E-state index in [1.54, 1.807) is 0 Å². The van der Waals surface area contributed by atoms with Crippen LogP contribution in [0.1, 0.15) is 219 Å². The Kier molecular flexibility index (Phi) is 41.4. The third-order valence-corrected chi connectivity index (χ3v) is 8.80. The second-order valence-corrected chi connectivity index (χ2v) is 13.3. The van der Waals surface area contributed by atoms with E-state index in [-0.39, 0.29) is 29.5 Å². The Morgan fingerprint density at radius 3 is 1.02 bits per heavy atom. The minimum atomic E-state index is -0.805. The van der Waals surface area contributed by atoms with Gasteiger partial charge in [-0.25, -0.2) is 9.59 Å². The molecule has 5 nitrogen and oxygen atoms in total. The van der Waals surface area contributed by atoms with E-state index < -0.39 is 17.9 Å². The van der Waals surface area contributed by atoms with Crippen LogP contribution in [-0.2, 0) is 23.9 Å². The molecule has 0 aliphatic heterocycles. The largest absolute Gasteiger partial charge is 0.463 e. The highest BCUT2D eigenvalue weighted by Gasteiger charge is 2.08. The maximum Gasteiger partial charge on any atom is 0.338 e. The maximum atomic E-state index is 11.9. The van der Waals surface area contributed by atoms with Crippen LogP contribution < -0.4 is 0 Å². The lowest BCUT2D eigenvalue weighted by molar-refractivity contribution is -0.156. The van der Waals surface area contributed by atoms with Gasteiger partial charge in [-0.15, -0.1) is 0 Å². The summed E-state index contributed by atoms with van der Waals surface area (Å²) < 4.78 is 9.94. The third-order valence-electron chi connectivity index (χ3n) is 8.80. The lowest BCUT2D eigenvalue weighted by Crippen LogP contribution is -2.11. The van der Waals surface area contributed by atoms with Crippen molar-refractivity contribution in [1.29, 1.82) is 0 Å². The van der Waals surface area contributed by atoms with Crippen LogP contribution in [0, 0.1) is 0 Å². The van der Waals surface area contributed by atoms with E-state index in [0.29, 0.717) is 6.61 Å². The van der Waals surface area contributed by atoms with Crippen molar-refractivity contribution in [3.63, 3.8) is 0 Å². The first kappa shape index (κ1) is 47.2. The van der Waals surface area contributed by atoms with Gasteiger partial charge in [0.25, 0.3) is 0 Å². The molecule has 0 aliphatic rings. The summed E-state index contributed by atoms with van der Waals surface area (Å²) in [6.45, 7) is 4.89. The van der Waals surface area contributed by atoms with Gasteiger partial charge in [-0.1, -0.05) is 200 Å². The van der Waals surface area contributed by atoms with E-state index >= 15 is 0 Å². The van der Waals surface area contributed by atoms with Crippen LogP contribution in [0.15, 0.2) is 12.2 Å². The van der Waals surface area contributed by atoms with Crippen molar-refractivity contribution in [3.8, 4) is 0 Å². The Morgan fingerprint density at radius 2 is 0.674 bits per heavy atom. The summed E-state index contributed by atoms with van der Waals surface area (Å²) in [6, 6.07) is 0. The Balaban J connectivity index is 0. The summed E-state index contributed by atoms with van der Waals surface area (Å²) in [4.78, 5) is 35.5. The van der Waals surface area contributed by atoms with Crippen LogP contribution in [0.3, 0.4) is 0 Å². The molecule has 0 atom stereocenters. The van der Waals surface area contributed by atoms with E-state index in [4.69, 9.17) is 9.47 Å². The fourth-order valence-corrected chi connectivity index (χ4v) is 5.85. The van der Waals surface area contributed by atoms with Crippen molar-refractivity contribution >= 4 is 41.0 Å². The van der Waals surface area contributed by atoms with E-state index in [1.165, 1.54) is 167 Å². The van der Waals surface area contributed by atoms with Crippen LogP contribution in [0.4, 0.5) is 0 Å². The predicted molar refractivity (Wildman–Crippen MR) is 199 cm³/mol. The Labute approximate surface area is 301 Å². The van der Waals surface area contributed by atoms with E-state index in [0.717, 1.165) is 44.3 Å². The number of unbranched alkanes of at least 4 members (excludes halogenated alkanes) is 29. The molecule has 46 heavy (non-hydrogen) atoms. The highest BCUT2D eigenvalue weighted by atomic mass is 24.3. The molecule has 0 saturated heterocycles. The second kappa shape index (κ2) is 40.3. The summed E-state index contributed by atoms with van der Waals surface area (Å²) in [5.74, 6) is -1.90. The van der Waals surface area contributed by atoms with Crippen molar-refractivity contribution < 1.29 is 23.9 Å². The highest BCUT2D eigenvalue weighted by Crippen LogP contribution is 2.15. The molecule has 0 rings (SSSR count). The standard InChI is InChI=1S/C40H74O5.Mg.2H/c1-3-5-7-9-11-13-15-17-19-21-23-25-27-29-31-33-37-44-38(41)35-36-40(43)45-39(42)34-32-30-28-26-24-22-20-18-16-14-12-10-8-6-4-2;;;/h35-36H,3-34,37H2,1-2H3;;;/b36-35+;;;. The van der Waals surface area contributed by atoms with Gasteiger partial charge in [-0.3, -0.25) is 4.79 Å². The number of carbonyl (C=O) groups is 3. The second-order valence-electron chi connectivity index (χ2n) is 13.3. The molecular formula is C40H76MgO5. The number of rotatable bonds is 35. The van der Waals surface area contributed by atoms with Crippen LogP contribution in [-0.4, -0.2) is 47.6 Å².